The topological polar surface area (TPSA) is 62.1 Å². The van der Waals surface area contributed by atoms with Crippen LogP contribution in [-0.4, -0.2) is 13.0 Å². The third-order valence-corrected chi connectivity index (χ3v) is 3.81. The van der Waals surface area contributed by atoms with Crippen LogP contribution >= 0.6 is 0 Å². The lowest BCUT2D eigenvalue weighted by atomic mass is 9.98. The molecule has 1 N–H and O–H groups in total. The number of methoxy groups -OCH3 is 1. The van der Waals surface area contributed by atoms with E-state index in [0.29, 0.717) is 22.6 Å². The molecule has 0 saturated carbocycles. The Morgan fingerprint density at radius 3 is 2.60 bits per heavy atom. The van der Waals surface area contributed by atoms with Crippen LogP contribution in [0.2, 0.25) is 0 Å². The highest BCUT2D eigenvalue weighted by atomic mass is 16.5. The lowest BCUT2D eigenvalue weighted by Crippen LogP contribution is -2.11. The molecule has 0 bridgehead atoms. The fraction of sp³-hybridized carbons (Fsp3) is 0.0476. The summed E-state index contributed by atoms with van der Waals surface area (Å²) in [5.41, 5.74) is 3.39. The molecular formula is C21H16N2O2. The van der Waals surface area contributed by atoms with E-state index in [2.05, 4.69) is 11.4 Å². The van der Waals surface area contributed by atoms with E-state index in [4.69, 9.17) is 4.74 Å². The van der Waals surface area contributed by atoms with Crippen molar-refractivity contribution in [1.29, 1.82) is 5.26 Å². The number of nitrogens with zero attached hydrogens (tertiary/aromatic N) is 1. The molecule has 0 atom stereocenters. The summed E-state index contributed by atoms with van der Waals surface area (Å²) in [5.74, 6) is 0.457. The second-order valence-corrected chi connectivity index (χ2v) is 5.42. The Hall–Kier alpha value is -3.58. The number of nitrogens with one attached hydrogen (secondary N) is 1. The molecule has 0 aliphatic heterocycles. The summed E-state index contributed by atoms with van der Waals surface area (Å²) in [6, 6.07) is 23.9. The maximum atomic E-state index is 12.5. The molecule has 0 heterocycles. The minimum atomic E-state index is -0.218. The van der Waals surface area contributed by atoms with E-state index in [0.717, 1.165) is 11.1 Å². The Morgan fingerprint density at radius 2 is 1.80 bits per heavy atom. The molecule has 0 saturated heterocycles. The van der Waals surface area contributed by atoms with Crippen molar-refractivity contribution in [3.8, 4) is 22.9 Å². The van der Waals surface area contributed by atoms with Crippen LogP contribution in [0.15, 0.2) is 72.8 Å². The third kappa shape index (κ3) is 3.67. The van der Waals surface area contributed by atoms with E-state index in [1.165, 1.54) is 0 Å². The van der Waals surface area contributed by atoms with Crippen LogP contribution in [0.1, 0.15) is 15.9 Å². The molecule has 0 radical (unpaired) electrons. The SMILES string of the molecule is COc1cccc(NC(=O)c2cccc(-c3ccccc3C#N)c2)c1. The van der Waals surface area contributed by atoms with Crippen LogP contribution < -0.4 is 10.1 Å². The number of rotatable bonds is 4. The molecule has 0 aliphatic carbocycles. The Labute approximate surface area is 146 Å². The van der Waals surface area contributed by atoms with Gasteiger partial charge in [-0.2, -0.15) is 5.26 Å². The van der Waals surface area contributed by atoms with Gasteiger partial charge >= 0.3 is 0 Å². The van der Waals surface area contributed by atoms with E-state index in [-0.39, 0.29) is 5.91 Å². The number of benzene rings is 3. The molecule has 122 valence electrons. The Kier molecular flexibility index (Phi) is 4.77. The summed E-state index contributed by atoms with van der Waals surface area (Å²) in [7, 11) is 1.58. The number of carbonyl (C=O) groups is 1. The predicted molar refractivity (Wildman–Crippen MR) is 97.5 cm³/mol. The number of hydrogen-bond acceptors (Lipinski definition) is 3. The molecule has 0 fully saturated rings. The molecule has 4 heteroatoms. The molecule has 0 aliphatic rings. The first kappa shape index (κ1) is 16.3. The zero-order valence-corrected chi connectivity index (χ0v) is 13.7. The average Bonchev–Trinajstić information content (AvgIpc) is 2.68. The lowest BCUT2D eigenvalue weighted by Gasteiger charge is -2.09. The Morgan fingerprint density at radius 1 is 1.00 bits per heavy atom. The van der Waals surface area contributed by atoms with Crippen LogP contribution in [0, 0.1) is 11.3 Å². The van der Waals surface area contributed by atoms with Gasteiger partial charge in [0.2, 0.25) is 0 Å². The van der Waals surface area contributed by atoms with Crippen molar-refractivity contribution in [2.24, 2.45) is 0 Å². The summed E-state index contributed by atoms with van der Waals surface area (Å²) < 4.78 is 5.16. The fourth-order valence-electron chi connectivity index (χ4n) is 2.56. The number of carbonyl (C=O) groups excluding carboxylic acids is 1. The third-order valence-electron chi connectivity index (χ3n) is 3.81. The molecule has 3 rings (SSSR count). The van der Waals surface area contributed by atoms with Crippen molar-refractivity contribution >= 4 is 11.6 Å². The summed E-state index contributed by atoms with van der Waals surface area (Å²) in [4.78, 5) is 12.5. The van der Waals surface area contributed by atoms with E-state index < -0.39 is 0 Å². The molecule has 1 amide bonds. The number of amides is 1. The summed E-state index contributed by atoms with van der Waals surface area (Å²) in [5, 5.41) is 12.1. The van der Waals surface area contributed by atoms with Crippen LogP contribution in [0.4, 0.5) is 5.69 Å². The van der Waals surface area contributed by atoms with Gasteiger partial charge in [-0.05, 0) is 41.5 Å². The zero-order valence-electron chi connectivity index (χ0n) is 13.7. The molecule has 3 aromatic rings. The van der Waals surface area contributed by atoms with Gasteiger partial charge in [-0.25, -0.2) is 0 Å². The second-order valence-electron chi connectivity index (χ2n) is 5.42. The van der Waals surface area contributed by atoms with Crippen LogP contribution in [0.5, 0.6) is 5.75 Å². The summed E-state index contributed by atoms with van der Waals surface area (Å²) in [6.07, 6.45) is 0. The van der Waals surface area contributed by atoms with Gasteiger partial charge in [0.15, 0.2) is 0 Å². The van der Waals surface area contributed by atoms with E-state index in [1.54, 1.807) is 37.4 Å². The van der Waals surface area contributed by atoms with Gasteiger partial charge in [-0.3, -0.25) is 4.79 Å². The van der Waals surface area contributed by atoms with Crippen LogP contribution in [-0.2, 0) is 0 Å². The van der Waals surface area contributed by atoms with Gasteiger partial charge in [0.05, 0.1) is 18.7 Å². The van der Waals surface area contributed by atoms with Gasteiger partial charge in [0, 0.05) is 17.3 Å². The summed E-state index contributed by atoms with van der Waals surface area (Å²) >= 11 is 0. The maximum absolute atomic E-state index is 12.5. The maximum Gasteiger partial charge on any atom is 0.255 e. The highest BCUT2D eigenvalue weighted by Crippen LogP contribution is 2.24. The van der Waals surface area contributed by atoms with Crippen molar-refractivity contribution < 1.29 is 9.53 Å². The van der Waals surface area contributed by atoms with E-state index in [1.807, 2.05) is 42.5 Å². The van der Waals surface area contributed by atoms with Crippen molar-refractivity contribution in [2.75, 3.05) is 12.4 Å². The number of ether oxygens (including phenoxy) is 1. The quantitative estimate of drug-likeness (QED) is 0.768. The number of anilines is 1. The summed E-state index contributed by atoms with van der Waals surface area (Å²) in [6.45, 7) is 0. The normalized spacial score (nSPS) is 9.92. The first-order valence-corrected chi connectivity index (χ1v) is 7.76. The minimum Gasteiger partial charge on any atom is -0.497 e. The highest BCUT2D eigenvalue weighted by molar-refractivity contribution is 6.05. The monoisotopic (exact) mass is 328 g/mol. The molecule has 0 aromatic heterocycles. The van der Waals surface area contributed by atoms with Crippen molar-refractivity contribution in [3.63, 3.8) is 0 Å². The van der Waals surface area contributed by atoms with Gasteiger partial charge in [0.1, 0.15) is 5.75 Å². The smallest absolute Gasteiger partial charge is 0.255 e. The van der Waals surface area contributed by atoms with Crippen molar-refractivity contribution in [3.05, 3.63) is 83.9 Å². The first-order valence-electron chi connectivity index (χ1n) is 7.76. The van der Waals surface area contributed by atoms with Gasteiger partial charge < -0.3 is 10.1 Å². The number of hydrogen-bond donors (Lipinski definition) is 1. The molecule has 3 aromatic carbocycles. The highest BCUT2D eigenvalue weighted by Gasteiger charge is 2.10. The van der Waals surface area contributed by atoms with E-state index in [9.17, 15) is 10.1 Å². The molecule has 0 spiro atoms. The molecule has 4 nitrogen and oxygen atoms in total. The largest absolute Gasteiger partial charge is 0.497 e. The number of nitriles is 1. The zero-order chi connectivity index (χ0) is 17.6. The average molecular weight is 328 g/mol. The van der Waals surface area contributed by atoms with Gasteiger partial charge in [-0.1, -0.05) is 36.4 Å². The van der Waals surface area contributed by atoms with Gasteiger partial charge in [-0.15, -0.1) is 0 Å². The molecule has 25 heavy (non-hydrogen) atoms. The molecular weight excluding hydrogens is 312 g/mol. The van der Waals surface area contributed by atoms with Crippen molar-refractivity contribution in [1.82, 2.24) is 0 Å². The van der Waals surface area contributed by atoms with Crippen molar-refractivity contribution in [2.45, 2.75) is 0 Å². The molecule has 0 unspecified atom stereocenters. The second kappa shape index (κ2) is 7.33. The Bertz CT molecular complexity index is 958. The van der Waals surface area contributed by atoms with Crippen LogP contribution in [0.25, 0.3) is 11.1 Å². The Balaban J connectivity index is 1.88. The first-order chi connectivity index (χ1) is 12.2. The van der Waals surface area contributed by atoms with E-state index >= 15 is 0 Å². The fourth-order valence-corrected chi connectivity index (χ4v) is 2.56. The van der Waals surface area contributed by atoms with Gasteiger partial charge in [0.25, 0.3) is 5.91 Å². The standard InChI is InChI=1S/C21H16N2O2/c1-25-19-10-5-9-18(13-19)23-21(24)16-8-4-7-15(12-16)20-11-3-2-6-17(20)14-22/h2-13H,1H3,(H,23,24). The lowest BCUT2D eigenvalue weighted by molar-refractivity contribution is 0.102. The van der Waals surface area contributed by atoms with Crippen LogP contribution in [0.3, 0.4) is 0 Å². The minimum absolute atomic E-state index is 0.218. The predicted octanol–water partition coefficient (Wildman–Crippen LogP) is 4.49.